The molecule has 1 saturated carbocycles. The van der Waals surface area contributed by atoms with Crippen LogP contribution in [0.15, 0.2) is 24.4 Å². The fourth-order valence-electron chi connectivity index (χ4n) is 5.36. The first kappa shape index (κ1) is 25.1. The minimum atomic E-state index is -0.709. The zero-order valence-electron chi connectivity index (χ0n) is 19.6. The van der Waals surface area contributed by atoms with Gasteiger partial charge in [0.05, 0.1) is 23.8 Å². The number of hydrogen-bond donors (Lipinski definition) is 2. The van der Waals surface area contributed by atoms with E-state index >= 15 is 0 Å². The van der Waals surface area contributed by atoms with Crippen LogP contribution in [0.5, 0.6) is 5.75 Å². The molecule has 0 spiro atoms. The zero-order chi connectivity index (χ0) is 23.3. The molecule has 0 bridgehead atoms. The van der Waals surface area contributed by atoms with Crippen molar-refractivity contribution in [3.05, 3.63) is 35.0 Å². The average molecular weight is 493 g/mol. The van der Waals surface area contributed by atoms with Crippen LogP contribution in [0.2, 0.25) is 5.02 Å². The summed E-state index contributed by atoms with van der Waals surface area (Å²) in [6.07, 6.45) is 9.78. The van der Waals surface area contributed by atoms with E-state index in [9.17, 15) is 10.2 Å². The number of nitrogens with zero attached hydrogens (tertiary/aromatic N) is 2. The van der Waals surface area contributed by atoms with E-state index in [1.165, 1.54) is 31.4 Å². The van der Waals surface area contributed by atoms with Gasteiger partial charge in [-0.25, -0.2) is 0 Å². The van der Waals surface area contributed by atoms with Crippen molar-refractivity contribution in [3.8, 4) is 5.75 Å². The van der Waals surface area contributed by atoms with E-state index < -0.39 is 6.10 Å². The van der Waals surface area contributed by atoms with E-state index in [1.807, 2.05) is 18.2 Å². The van der Waals surface area contributed by atoms with Gasteiger partial charge in [0.15, 0.2) is 0 Å². The molecule has 0 amide bonds. The number of methoxy groups -OCH3 is 1. The van der Waals surface area contributed by atoms with E-state index in [1.54, 1.807) is 13.3 Å². The molecule has 2 heterocycles. The van der Waals surface area contributed by atoms with Crippen LogP contribution in [-0.2, 0) is 0 Å². The molecule has 5 nitrogen and oxygen atoms in total. The molecule has 33 heavy (non-hydrogen) atoms. The number of piperidine rings is 1. The van der Waals surface area contributed by atoms with Gasteiger partial charge in [-0.15, -0.1) is 0 Å². The smallest absolute Gasteiger partial charge is 0.119 e. The molecule has 1 atom stereocenters. The van der Waals surface area contributed by atoms with Gasteiger partial charge in [-0.05, 0) is 75.2 Å². The van der Waals surface area contributed by atoms with Crippen LogP contribution in [0.25, 0.3) is 10.9 Å². The van der Waals surface area contributed by atoms with Gasteiger partial charge in [-0.1, -0.05) is 24.4 Å². The lowest BCUT2D eigenvalue weighted by Crippen LogP contribution is -2.43. The highest BCUT2D eigenvalue weighted by Gasteiger charge is 2.34. The highest BCUT2D eigenvalue weighted by atomic mass is 35.5. The van der Waals surface area contributed by atoms with Crippen molar-refractivity contribution in [3.63, 3.8) is 0 Å². The third kappa shape index (κ3) is 6.15. The summed E-state index contributed by atoms with van der Waals surface area (Å²) in [6.45, 7) is 3.37. The molecular formula is C26H37ClN2O3S. The van der Waals surface area contributed by atoms with E-state index in [2.05, 4.69) is 21.6 Å². The molecule has 2 N–H and O–H groups in total. The lowest BCUT2D eigenvalue weighted by molar-refractivity contribution is 0.0254. The van der Waals surface area contributed by atoms with Crippen molar-refractivity contribution in [2.45, 2.75) is 62.7 Å². The van der Waals surface area contributed by atoms with E-state index in [-0.39, 0.29) is 12.0 Å². The van der Waals surface area contributed by atoms with Crippen LogP contribution >= 0.6 is 23.4 Å². The van der Waals surface area contributed by atoms with Crippen LogP contribution in [-0.4, -0.2) is 64.5 Å². The van der Waals surface area contributed by atoms with Crippen molar-refractivity contribution in [2.24, 2.45) is 5.41 Å². The Balaban J connectivity index is 1.33. The standard InChI is InChI=1S/C26H37ClN2O3S/c1-32-19-6-7-23-21(16-19)25(22(27)17-28-23)24(31)8-9-26(18-30)10-12-29(13-11-26)14-15-33-20-4-2-3-5-20/h6-7,16-17,20,24,30-31H,2-5,8-15,18H2,1H3/t24-/m0/s1. The van der Waals surface area contributed by atoms with Gasteiger partial charge in [-0.3, -0.25) is 4.98 Å². The fraction of sp³-hybridized carbons (Fsp3) is 0.654. The second kappa shape index (κ2) is 11.6. The van der Waals surface area contributed by atoms with Crippen LogP contribution in [0.3, 0.4) is 0 Å². The molecule has 1 saturated heterocycles. The summed E-state index contributed by atoms with van der Waals surface area (Å²) < 4.78 is 5.36. The summed E-state index contributed by atoms with van der Waals surface area (Å²) in [5.74, 6) is 1.93. The molecule has 0 radical (unpaired) electrons. The number of benzene rings is 1. The number of aliphatic hydroxyl groups excluding tert-OH is 2. The predicted octanol–water partition coefficient (Wildman–Crippen LogP) is 5.46. The molecule has 1 aromatic heterocycles. The normalized spacial score (nSPS) is 20.4. The minimum Gasteiger partial charge on any atom is -0.497 e. The van der Waals surface area contributed by atoms with Gasteiger partial charge in [0.25, 0.3) is 0 Å². The maximum Gasteiger partial charge on any atom is 0.119 e. The summed E-state index contributed by atoms with van der Waals surface area (Å²) in [5, 5.41) is 23.6. The number of ether oxygens (including phenoxy) is 1. The maximum atomic E-state index is 11.1. The van der Waals surface area contributed by atoms with Gasteiger partial charge in [0.1, 0.15) is 5.75 Å². The molecular weight excluding hydrogens is 456 g/mol. The van der Waals surface area contributed by atoms with Crippen molar-refractivity contribution in [1.29, 1.82) is 0 Å². The Bertz CT molecular complexity index is 914. The number of likely N-dealkylation sites (tertiary alicyclic amines) is 1. The summed E-state index contributed by atoms with van der Waals surface area (Å²) in [4.78, 5) is 6.94. The lowest BCUT2D eigenvalue weighted by Gasteiger charge is -2.41. The van der Waals surface area contributed by atoms with Crippen LogP contribution in [0, 0.1) is 5.41 Å². The Hall–Kier alpha value is -1.05. The Labute approximate surface area is 206 Å². The zero-order valence-corrected chi connectivity index (χ0v) is 21.2. The number of aromatic nitrogens is 1. The van der Waals surface area contributed by atoms with Crippen molar-refractivity contribution in [2.75, 3.05) is 39.1 Å². The summed E-state index contributed by atoms with van der Waals surface area (Å²) >= 11 is 8.63. The monoisotopic (exact) mass is 492 g/mol. The molecule has 182 valence electrons. The predicted molar refractivity (Wildman–Crippen MR) is 137 cm³/mol. The Morgan fingerprint density at radius 3 is 2.73 bits per heavy atom. The molecule has 4 rings (SSSR count). The van der Waals surface area contributed by atoms with Crippen LogP contribution in [0.1, 0.15) is 63.0 Å². The quantitative estimate of drug-likeness (QED) is 0.459. The maximum absolute atomic E-state index is 11.1. The van der Waals surface area contributed by atoms with E-state index in [0.717, 1.165) is 55.0 Å². The summed E-state index contributed by atoms with van der Waals surface area (Å²) in [7, 11) is 1.63. The highest BCUT2D eigenvalue weighted by Crippen LogP contribution is 2.40. The lowest BCUT2D eigenvalue weighted by atomic mass is 9.74. The van der Waals surface area contributed by atoms with Gasteiger partial charge < -0.3 is 19.8 Å². The molecule has 1 aliphatic carbocycles. The number of rotatable bonds is 10. The second-order valence-corrected chi connectivity index (χ2v) is 11.5. The number of hydrogen-bond acceptors (Lipinski definition) is 6. The highest BCUT2D eigenvalue weighted by molar-refractivity contribution is 7.99. The van der Waals surface area contributed by atoms with Gasteiger partial charge in [0, 0.05) is 41.3 Å². The molecule has 1 aliphatic heterocycles. The SMILES string of the molecule is COc1ccc2ncc(Cl)c([C@@H](O)CCC3(CO)CCN(CCSC4CCCC4)CC3)c2c1. The molecule has 2 fully saturated rings. The summed E-state index contributed by atoms with van der Waals surface area (Å²) in [5.41, 5.74) is 1.37. The number of aliphatic hydroxyl groups is 2. The van der Waals surface area contributed by atoms with Crippen LogP contribution in [0.4, 0.5) is 0 Å². The van der Waals surface area contributed by atoms with Crippen molar-refractivity contribution in [1.82, 2.24) is 9.88 Å². The third-order valence-corrected chi connectivity index (χ3v) is 9.33. The fourth-order valence-corrected chi connectivity index (χ4v) is 7.00. The van der Waals surface area contributed by atoms with E-state index in [0.29, 0.717) is 22.8 Å². The molecule has 1 aromatic carbocycles. The largest absolute Gasteiger partial charge is 0.497 e. The summed E-state index contributed by atoms with van der Waals surface area (Å²) in [6, 6.07) is 5.63. The third-order valence-electron chi connectivity index (χ3n) is 7.66. The molecule has 0 unspecified atom stereocenters. The first-order chi connectivity index (χ1) is 16.0. The second-order valence-electron chi connectivity index (χ2n) is 9.73. The number of pyridine rings is 1. The van der Waals surface area contributed by atoms with Gasteiger partial charge in [0.2, 0.25) is 0 Å². The Morgan fingerprint density at radius 2 is 2.03 bits per heavy atom. The molecule has 7 heteroatoms. The van der Waals surface area contributed by atoms with E-state index in [4.69, 9.17) is 16.3 Å². The Morgan fingerprint density at radius 1 is 1.27 bits per heavy atom. The van der Waals surface area contributed by atoms with Crippen molar-refractivity contribution >= 4 is 34.3 Å². The average Bonchev–Trinajstić information content (AvgIpc) is 3.36. The molecule has 2 aromatic rings. The Kier molecular flexibility index (Phi) is 8.80. The molecule has 2 aliphatic rings. The number of fused-ring (bicyclic) bond motifs is 1. The first-order valence-electron chi connectivity index (χ1n) is 12.3. The first-order valence-corrected chi connectivity index (χ1v) is 13.7. The van der Waals surface area contributed by atoms with Crippen LogP contribution < -0.4 is 4.74 Å². The minimum absolute atomic E-state index is 0.122. The number of thioether (sulfide) groups is 1. The topological polar surface area (TPSA) is 65.8 Å². The number of halogens is 1. The van der Waals surface area contributed by atoms with Gasteiger partial charge >= 0.3 is 0 Å². The van der Waals surface area contributed by atoms with Gasteiger partial charge in [-0.2, -0.15) is 11.8 Å². The van der Waals surface area contributed by atoms with Crippen molar-refractivity contribution < 1.29 is 14.9 Å².